The van der Waals surface area contributed by atoms with E-state index in [-0.39, 0.29) is 0 Å². The molecule has 1 atom stereocenters. The number of esters is 1. The number of carbonyl (C=O) groups excluding carboxylic acids is 2. The molecule has 1 aromatic carbocycles. The van der Waals surface area contributed by atoms with Gasteiger partial charge in [-0.3, -0.25) is 4.79 Å². The van der Waals surface area contributed by atoms with Crippen molar-refractivity contribution < 1.29 is 14.3 Å². The van der Waals surface area contributed by atoms with Crippen molar-refractivity contribution in [1.29, 1.82) is 0 Å². The molecule has 1 unspecified atom stereocenters. The van der Waals surface area contributed by atoms with Crippen molar-refractivity contribution in [3.05, 3.63) is 23.8 Å². The average Bonchev–Trinajstić information content (AvgIpc) is 2.26. The first-order valence-corrected chi connectivity index (χ1v) is 4.98. The lowest BCUT2D eigenvalue weighted by Gasteiger charge is -2.12. The summed E-state index contributed by atoms with van der Waals surface area (Å²) in [6.07, 6.45) is 0. The van der Waals surface area contributed by atoms with Crippen LogP contribution in [0.5, 0.6) is 0 Å². The minimum atomic E-state index is -0.727. The number of hydrogen-bond donors (Lipinski definition) is 3. The summed E-state index contributed by atoms with van der Waals surface area (Å²) in [5, 5.41) is 2.48. The Morgan fingerprint density at radius 2 is 1.76 bits per heavy atom. The van der Waals surface area contributed by atoms with Crippen molar-refractivity contribution in [1.82, 2.24) is 5.32 Å². The molecule has 0 aliphatic rings. The molecule has 0 saturated heterocycles. The Balaban J connectivity index is 2.79. The number of nitrogens with one attached hydrogen (secondary N) is 1. The maximum Gasteiger partial charge on any atom is 0.328 e. The largest absolute Gasteiger partial charge is 0.467 e. The van der Waals surface area contributed by atoms with Crippen LogP contribution in [0.1, 0.15) is 17.3 Å². The Morgan fingerprint density at radius 3 is 2.24 bits per heavy atom. The van der Waals surface area contributed by atoms with Crippen LogP contribution in [-0.2, 0) is 9.53 Å². The number of anilines is 2. The highest BCUT2D eigenvalue weighted by Crippen LogP contribution is 2.13. The summed E-state index contributed by atoms with van der Waals surface area (Å²) in [6.45, 7) is 1.53. The Kier molecular flexibility index (Phi) is 3.92. The van der Waals surface area contributed by atoms with Gasteiger partial charge in [-0.25, -0.2) is 4.79 Å². The first kappa shape index (κ1) is 12.8. The molecule has 1 amide bonds. The zero-order valence-corrected chi connectivity index (χ0v) is 9.69. The molecular weight excluding hydrogens is 222 g/mol. The van der Waals surface area contributed by atoms with Gasteiger partial charge in [0.05, 0.1) is 7.11 Å². The molecule has 0 aliphatic carbocycles. The third-order valence-corrected chi connectivity index (χ3v) is 2.14. The molecular formula is C11H15N3O3. The molecule has 0 saturated carbocycles. The van der Waals surface area contributed by atoms with Crippen LogP contribution in [0.2, 0.25) is 0 Å². The van der Waals surface area contributed by atoms with E-state index in [1.807, 2.05) is 0 Å². The predicted molar refractivity (Wildman–Crippen MR) is 64.2 cm³/mol. The van der Waals surface area contributed by atoms with E-state index in [1.54, 1.807) is 6.07 Å². The molecule has 17 heavy (non-hydrogen) atoms. The molecule has 0 spiro atoms. The third kappa shape index (κ3) is 3.37. The monoisotopic (exact) mass is 237 g/mol. The highest BCUT2D eigenvalue weighted by atomic mass is 16.5. The van der Waals surface area contributed by atoms with Crippen molar-refractivity contribution in [3.8, 4) is 0 Å². The number of nitrogens with two attached hydrogens (primary N) is 2. The van der Waals surface area contributed by atoms with Gasteiger partial charge in [-0.1, -0.05) is 0 Å². The van der Waals surface area contributed by atoms with E-state index in [0.717, 1.165) is 0 Å². The molecule has 6 heteroatoms. The lowest BCUT2D eigenvalue weighted by Crippen LogP contribution is -2.39. The molecule has 6 nitrogen and oxygen atoms in total. The predicted octanol–water partition coefficient (Wildman–Crippen LogP) is 0.142. The lowest BCUT2D eigenvalue weighted by atomic mass is 10.1. The van der Waals surface area contributed by atoms with Crippen LogP contribution in [0, 0.1) is 0 Å². The second-order valence-electron chi connectivity index (χ2n) is 3.61. The third-order valence-electron chi connectivity index (χ3n) is 2.14. The fourth-order valence-electron chi connectivity index (χ4n) is 1.32. The summed E-state index contributed by atoms with van der Waals surface area (Å²) in [7, 11) is 1.25. The Bertz CT molecular complexity index is 425. The second kappa shape index (κ2) is 5.20. The number of nitrogen functional groups attached to an aromatic ring is 2. The number of methoxy groups -OCH3 is 1. The van der Waals surface area contributed by atoms with Crippen molar-refractivity contribution >= 4 is 23.3 Å². The molecule has 5 N–H and O–H groups in total. The van der Waals surface area contributed by atoms with Crippen LogP contribution in [0.4, 0.5) is 11.4 Å². The van der Waals surface area contributed by atoms with E-state index < -0.39 is 17.9 Å². The summed E-state index contributed by atoms with van der Waals surface area (Å²) >= 11 is 0. The molecule has 0 radical (unpaired) electrons. The summed E-state index contributed by atoms with van der Waals surface area (Å²) in [4.78, 5) is 22.9. The first-order valence-electron chi connectivity index (χ1n) is 4.98. The van der Waals surface area contributed by atoms with Crippen LogP contribution < -0.4 is 16.8 Å². The number of rotatable bonds is 3. The highest BCUT2D eigenvalue weighted by Gasteiger charge is 2.17. The van der Waals surface area contributed by atoms with Gasteiger partial charge in [-0.15, -0.1) is 0 Å². The molecule has 0 heterocycles. The van der Waals surface area contributed by atoms with E-state index in [4.69, 9.17) is 11.5 Å². The van der Waals surface area contributed by atoms with Crippen LogP contribution in [-0.4, -0.2) is 25.0 Å². The highest BCUT2D eigenvalue weighted by molar-refractivity contribution is 5.98. The minimum Gasteiger partial charge on any atom is -0.467 e. The van der Waals surface area contributed by atoms with Gasteiger partial charge in [-0.2, -0.15) is 0 Å². The summed E-state index contributed by atoms with van der Waals surface area (Å²) in [6, 6.07) is 3.78. The van der Waals surface area contributed by atoms with Gasteiger partial charge < -0.3 is 21.5 Å². The van der Waals surface area contributed by atoms with Crippen molar-refractivity contribution in [2.24, 2.45) is 0 Å². The second-order valence-corrected chi connectivity index (χ2v) is 3.61. The first-order chi connectivity index (χ1) is 7.93. The number of ether oxygens (including phenoxy) is 1. The molecule has 0 bridgehead atoms. The molecule has 0 fully saturated rings. The fourth-order valence-corrected chi connectivity index (χ4v) is 1.32. The zero-order valence-electron chi connectivity index (χ0n) is 9.69. The zero-order chi connectivity index (χ0) is 13.0. The van der Waals surface area contributed by atoms with Gasteiger partial charge in [0.2, 0.25) is 0 Å². The number of benzene rings is 1. The number of carbonyl (C=O) groups is 2. The van der Waals surface area contributed by atoms with Gasteiger partial charge in [0, 0.05) is 16.9 Å². The summed E-state index contributed by atoms with van der Waals surface area (Å²) in [5.41, 5.74) is 12.2. The lowest BCUT2D eigenvalue weighted by molar-refractivity contribution is -0.142. The quantitative estimate of drug-likeness (QED) is 0.512. The SMILES string of the molecule is COC(=O)C(C)NC(=O)c1cc(N)cc(N)c1. The van der Waals surface area contributed by atoms with Gasteiger partial charge >= 0.3 is 5.97 Å². The molecule has 1 aromatic rings. The standard InChI is InChI=1S/C11H15N3O3/c1-6(11(16)17-2)14-10(15)7-3-8(12)5-9(13)4-7/h3-6H,12-13H2,1-2H3,(H,14,15). The van der Waals surface area contributed by atoms with Gasteiger partial charge in [0.15, 0.2) is 0 Å². The molecule has 92 valence electrons. The molecule has 0 aromatic heterocycles. The van der Waals surface area contributed by atoms with Crippen molar-refractivity contribution in [2.75, 3.05) is 18.6 Å². The Hall–Kier alpha value is -2.24. The summed E-state index contributed by atoms with van der Waals surface area (Å²) < 4.78 is 4.49. The molecule has 1 rings (SSSR count). The van der Waals surface area contributed by atoms with Crippen LogP contribution >= 0.6 is 0 Å². The van der Waals surface area contributed by atoms with Crippen LogP contribution in [0.3, 0.4) is 0 Å². The van der Waals surface area contributed by atoms with E-state index in [0.29, 0.717) is 16.9 Å². The van der Waals surface area contributed by atoms with Gasteiger partial charge in [0.1, 0.15) is 6.04 Å². The smallest absolute Gasteiger partial charge is 0.328 e. The van der Waals surface area contributed by atoms with E-state index >= 15 is 0 Å². The maximum atomic E-state index is 11.7. The molecule has 0 aliphatic heterocycles. The van der Waals surface area contributed by atoms with Crippen LogP contribution in [0.15, 0.2) is 18.2 Å². The van der Waals surface area contributed by atoms with Crippen molar-refractivity contribution in [3.63, 3.8) is 0 Å². The maximum absolute atomic E-state index is 11.7. The topological polar surface area (TPSA) is 107 Å². The Morgan fingerprint density at radius 1 is 1.24 bits per heavy atom. The van der Waals surface area contributed by atoms with E-state index in [2.05, 4.69) is 10.1 Å². The van der Waals surface area contributed by atoms with Crippen LogP contribution in [0.25, 0.3) is 0 Å². The normalized spacial score (nSPS) is 11.6. The Labute approximate surface area is 98.9 Å². The minimum absolute atomic E-state index is 0.304. The number of hydrogen-bond acceptors (Lipinski definition) is 5. The van der Waals surface area contributed by atoms with E-state index in [9.17, 15) is 9.59 Å². The fraction of sp³-hybridized carbons (Fsp3) is 0.273. The number of amides is 1. The average molecular weight is 237 g/mol. The van der Waals surface area contributed by atoms with E-state index in [1.165, 1.54) is 26.2 Å². The van der Waals surface area contributed by atoms with Gasteiger partial charge in [-0.05, 0) is 25.1 Å². The van der Waals surface area contributed by atoms with Crippen molar-refractivity contribution in [2.45, 2.75) is 13.0 Å². The van der Waals surface area contributed by atoms with Gasteiger partial charge in [0.25, 0.3) is 5.91 Å². The summed E-state index contributed by atoms with van der Waals surface area (Å²) in [5.74, 6) is -0.947.